The fourth-order valence-electron chi connectivity index (χ4n) is 1.29. The zero-order valence-corrected chi connectivity index (χ0v) is 11.7. The molecule has 1 rings (SSSR count). The number of anilines is 1. The molecule has 0 aromatic carbocycles. The van der Waals surface area contributed by atoms with Crippen LogP contribution in [0.4, 0.5) is 10.5 Å². The summed E-state index contributed by atoms with van der Waals surface area (Å²) >= 11 is 0. The van der Waals surface area contributed by atoms with E-state index >= 15 is 0 Å². The number of carbonyl (C=O) groups excluding carboxylic acids is 2. The summed E-state index contributed by atoms with van der Waals surface area (Å²) in [6.45, 7) is 5.21. The quantitative estimate of drug-likeness (QED) is 0.751. The van der Waals surface area contributed by atoms with Crippen LogP contribution < -0.4 is 10.6 Å². The second kappa shape index (κ2) is 7.44. The first-order valence-corrected chi connectivity index (χ1v) is 6.28. The van der Waals surface area contributed by atoms with E-state index in [4.69, 9.17) is 9.84 Å². The minimum absolute atomic E-state index is 0.154. The average molecular weight is 281 g/mol. The second-order valence-electron chi connectivity index (χ2n) is 4.57. The molecule has 1 aromatic rings. The van der Waals surface area contributed by atoms with Crippen LogP contribution in [-0.4, -0.2) is 40.8 Å². The number of amides is 2. The fourth-order valence-corrected chi connectivity index (χ4v) is 1.29. The van der Waals surface area contributed by atoms with Crippen LogP contribution in [0, 0.1) is 0 Å². The lowest BCUT2D eigenvalue weighted by Crippen LogP contribution is -2.31. The molecule has 0 radical (unpaired) electrons. The van der Waals surface area contributed by atoms with Gasteiger partial charge >= 0.3 is 6.09 Å². The first-order chi connectivity index (χ1) is 9.38. The number of aliphatic hydroxyl groups is 1. The molecule has 110 valence electrons. The number of carbonyl (C=O) groups is 2. The monoisotopic (exact) mass is 281 g/mol. The Kier molecular flexibility index (Phi) is 5.92. The van der Waals surface area contributed by atoms with Gasteiger partial charge < -0.3 is 15.2 Å². The van der Waals surface area contributed by atoms with Crippen molar-refractivity contribution in [1.82, 2.24) is 10.3 Å². The highest BCUT2D eigenvalue weighted by Crippen LogP contribution is 2.07. The third kappa shape index (κ3) is 5.66. The number of hydrogen-bond acceptors (Lipinski definition) is 5. The van der Waals surface area contributed by atoms with Crippen LogP contribution in [0.5, 0.6) is 0 Å². The maximum absolute atomic E-state index is 11.6. The number of aromatic nitrogens is 1. The molecule has 0 aliphatic rings. The molecule has 20 heavy (non-hydrogen) atoms. The number of nitrogens with one attached hydrogen (secondary N) is 2. The topological polar surface area (TPSA) is 101 Å². The zero-order valence-electron chi connectivity index (χ0n) is 11.7. The molecule has 0 saturated heterocycles. The lowest BCUT2D eigenvalue weighted by molar-refractivity contribution is 0.0919. The summed E-state index contributed by atoms with van der Waals surface area (Å²) in [6, 6.07) is 3.02. The van der Waals surface area contributed by atoms with Crippen LogP contribution in [-0.2, 0) is 4.74 Å². The van der Waals surface area contributed by atoms with Gasteiger partial charge in [-0.05, 0) is 32.9 Å². The summed E-state index contributed by atoms with van der Waals surface area (Å²) in [7, 11) is 0. The lowest BCUT2D eigenvalue weighted by atomic mass is 10.3. The Labute approximate surface area is 117 Å². The van der Waals surface area contributed by atoms with Gasteiger partial charge in [-0.25, -0.2) is 9.78 Å². The van der Waals surface area contributed by atoms with Crippen molar-refractivity contribution in [2.75, 3.05) is 11.9 Å². The Hall–Kier alpha value is -2.15. The van der Waals surface area contributed by atoms with Crippen LogP contribution in [0.1, 0.15) is 31.3 Å². The van der Waals surface area contributed by atoms with Crippen LogP contribution in [0.2, 0.25) is 0 Å². The standard InChI is InChI=1S/C13H19N3O4/c1-8(2)20-13(19)16-10-4-5-11(14-7-10)12(18)15-6-9(3)17/h4-5,7-9,17H,6H2,1-3H3,(H,15,18)(H,16,19)/t9-/m0/s1. The highest BCUT2D eigenvalue weighted by Gasteiger charge is 2.09. The summed E-state index contributed by atoms with van der Waals surface area (Å²) in [6.07, 6.45) is -0.0499. The van der Waals surface area contributed by atoms with E-state index in [1.54, 1.807) is 26.8 Å². The predicted molar refractivity (Wildman–Crippen MR) is 73.5 cm³/mol. The number of aliphatic hydroxyl groups excluding tert-OH is 1. The summed E-state index contributed by atoms with van der Waals surface area (Å²) in [4.78, 5) is 26.9. The Morgan fingerprint density at radius 2 is 2.05 bits per heavy atom. The van der Waals surface area contributed by atoms with Crippen molar-refractivity contribution < 1.29 is 19.4 Å². The SMILES string of the molecule is CC(C)OC(=O)Nc1ccc(C(=O)NC[C@H](C)O)nc1. The second-order valence-corrected chi connectivity index (χ2v) is 4.57. The molecule has 0 unspecified atom stereocenters. The maximum Gasteiger partial charge on any atom is 0.411 e. The van der Waals surface area contributed by atoms with Crippen molar-refractivity contribution in [3.05, 3.63) is 24.0 Å². The van der Waals surface area contributed by atoms with Gasteiger partial charge in [0.05, 0.1) is 24.1 Å². The Morgan fingerprint density at radius 1 is 1.35 bits per heavy atom. The van der Waals surface area contributed by atoms with E-state index in [0.29, 0.717) is 5.69 Å². The first-order valence-electron chi connectivity index (χ1n) is 6.28. The molecule has 0 aliphatic heterocycles. The van der Waals surface area contributed by atoms with Crippen molar-refractivity contribution in [3.8, 4) is 0 Å². The van der Waals surface area contributed by atoms with Gasteiger partial charge in [0.15, 0.2) is 0 Å². The van der Waals surface area contributed by atoms with Gasteiger partial charge in [-0.1, -0.05) is 0 Å². The molecule has 3 N–H and O–H groups in total. The molecule has 1 heterocycles. The van der Waals surface area contributed by atoms with Crippen molar-refractivity contribution in [3.63, 3.8) is 0 Å². The van der Waals surface area contributed by atoms with Gasteiger partial charge in [-0.15, -0.1) is 0 Å². The first kappa shape index (κ1) is 15.9. The van der Waals surface area contributed by atoms with Gasteiger partial charge in [-0.3, -0.25) is 10.1 Å². The van der Waals surface area contributed by atoms with Crippen molar-refractivity contribution in [2.45, 2.75) is 33.0 Å². The molecule has 0 fully saturated rings. The Bertz CT molecular complexity index is 457. The highest BCUT2D eigenvalue weighted by atomic mass is 16.6. The third-order valence-electron chi connectivity index (χ3n) is 2.14. The molecule has 0 aliphatic carbocycles. The summed E-state index contributed by atoms with van der Waals surface area (Å²) in [5.74, 6) is -0.387. The molecular weight excluding hydrogens is 262 g/mol. The predicted octanol–water partition coefficient (Wildman–Crippen LogP) is 1.15. The molecule has 1 aromatic heterocycles. The van der Waals surface area contributed by atoms with E-state index in [-0.39, 0.29) is 24.2 Å². The van der Waals surface area contributed by atoms with E-state index in [9.17, 15) is 9.59 Å². The van der Waals surface area contributed by atoms with Crippen molar-refractivity contribution in [1.29, 1.82) is 0 Å². The van der Waals surface area contributed by atoms with E-state index < -0.39 is 12.2 Å². The van der Waals surface area contributed by atoms with E-state index in [1.807, 2.05) is 0 Å². The molecule has 0 saturated carbocycles. The summed E-state index contributed by atoms with van der Waals surface area (Å²) in [5, 5.41) is 14.1. The number of pyridine rings is 1. The van der Waals surface area contributed by atoms with E-state index in [0.717, 1.165) is 0 Å². The average Bonchev–Trinajstić information content (AvgIpc) is 2.35. The summed E-state index contributed by atoms with van der Waals surface area (Å²) < 4.78 is 4.91. The van der Waals surface area contributed by atoms with Gasteiger partial charge in [0, 0.05) is 6.54 Å². The zero-order chi connectivity index (χ0) is 15.1. The molecular formula is C13H19N3O4. The molecule has 1 atom stereocenters. The smallest absolute Gasteiger partial charge is 0.411 e. The highest BCUT2D eigenvalue weighted by molar-refractivity contribution is 5.93. The van der Waals surface area contributed by atoms with Gasteiger partial charge in [0.1, 0.15) is 5.69 Å². The van der Waals surface area contributed by atoms with Crippen LogP contribution in [0.15, 0.2) is 18.3 Å². The maximum atomic E-state index is 11.6. The number of hydrogen-bond donors (Lipinski definition) is 3. The largest absolute Gasteiger partial charge is 0.447 e. The van der Waals surface area contributed by atoms with Crippen LogP contribution in [0.3, 0.4) is 0 Å². The molecule has 0 spiro atoms. The summed E-state index contributed by atoms with van der Waals surface area (Å²) in [5.41, 5.74) is 0.635. The van der Waals surface area contributed by atoms with Gasteiger partial charge in [0.25, 0.3) is 5.91 Å². The van der Waals surface area contributed by atoms with Crippen molar-refractivity contribution in [2.24, 2.45) is 0 Å². The number of nitrogens with zero attached hydrogens (tertiary/aromatic N) is 1. The molecule has 7 heteroatoms. The number of rotatable bonds is 5. The minimum atomic E-state index is -0.620. The van der Waals surface area contributed by atoms with Crippen LogP contribution in [0.25, 0.3) is 0 Å². The van der Waals surface area contributed by atoms with Crippen LogP contribution >= 0.6 is 0 Å². The third-order valence-corrected chi connectivity index (χ3v) is 2.14. The Morgan fingerprint density at radius 3 is 2.55 bits per heavy atom. The minimum Gasteiger partial charge on any atom is -0.447 e. The lowest BCUT2D eigenvalue weighted by Gasteiger charge is -2.10. The molecule has 2 amide bonds. The number of ether oxygens (including phenoxy) is 1. The fraction of sp³-hybridized carbons (Fsp3) is 0.462. The molecule has 0 bridgehead atoms. The Balaban J connectivity index is 2.55. The molecule has 7 nitrogen and oxygen atoms in total. The van der Waals surface area contributed by atoms with Gasteiger partial charge in [-0.2, -0.15) is 0 Å². The van der Waals surface area contributed by atoms with Crippen molar-refractivity contribution >= 4 is 17.7 Å². The van der Waals surface area contributed by atoms with Gasteiger partial charge in [0.2, 0.25) is 0 Å². The van der Waals surface area contributed by atoms with E-state index in [1.165, 1.54) is 12.3 Å². The van der Waals surface area contributed by atoms with E-state index in [2.05, 4.69) is 15.6 Å². The normalized spacial score (nSPS) is 11.8.